The van der Waals surface area contributed by atoms with Crippen molar-refractivity contribution in [3.05, 3.63) is 34.1 Å². The number of alkyl halides is 1. The van der Waals surface area contributed by atoms with Crippen LogP contribution in [0.1, 0.15) is 11.3 Å². The van der Waals surface area contributed by atoms with Crippen LogP contribution >= 0.6 is 27.5 Å². The topological polar surface area (TPSA) is 39.9 Å². The van der Waals surface area contributed by atoms with Crippen molar-refractivity contribution in [2.24, 2.45) is 7.05 Å². The Morgan fingerprint density at radius 1 is 1.47 bits per heavy atom. The van der Waals surface area contributed by atoms with Gasteiger partial charge in [-0.3, -0.25) is 0 Å². The van der Waals surface area contributed by atoms with Gasteiger partial charge in [-0.25, -0.2) is 9.67 Å². The lowest BCUT2D eigenvalue weighted by molar-refractivity contribution is 0.412. The van der Waals surface area contributed by atoms with Crippen LogP contribution in [-0.2, 0) is 12.9 Å². The molecule has 6 heteroatoms. The first-order chi connectivity index (χ1) is 8.10. The molecule has 0 spiro atoms. The van der Waals surface area contributed by atoms with Crippen LogP contribution < -0.4 is 4.74 Å². The number of halogens is 2. The number of aryl methyl sites for hydroxylation is 2. The highest BCUT2D eigenvalue weighted by atomic mass is 79.9. The minimum atomic E-state index is 0.346. The molecular formula is C11H11BrClN3O. The first-order valence-electron chi connectivity index (χ1n) is 4.99. The molecule has 2 aromatic heterocycles. The van der Waals surface area contributed by atoms with Crippen molar-refractivity contribution in [3.8, 4) is 11.8 Å². The van der Waals surface area contributed by atoms with Gasteiger partial charge in [0.15, 0.2) is 0 Å². The summed E-state index contributed by atoms with van der Waals surface area (Å²) in [6.45, 7) is 1.91. The van der Waals surface area contributed by atoms with Crippen molar-refractivity contribution >= 4 is 27.5 Å². The highest BCUT2D eigenvalue weighted by Crippen LogP contribution is 2.26. The van der Waals surface area contributed by atoms with E-state index in [1.54, 1.807) is 10.9 Å². The van der Waals surface area contributed by atoms with Crippen LogP contribution in [0.2, 0.25) is 0 Å². The molecule has 2 heterocycles. The molecule has 4 nitrogen and oxygen atoms in total. The van der Waals surface area contributed by atoms with Crippen molar-refractivity contribution in [1.29, 1.82) is 0 Å². The zero-order valence-corrected chi connectivity index (χ0v) is 11.8. The molecule has 0 aliphatic rings. The average molecular weight is 317 g/mol. The highest BCUT2D eigenvalue weighted by Gasteiger charge is 2.10. The van der Waals surface area contributed by atoms with E-state index >= 15 is 0 Å². The Kier molecular flexibility index (Phi) is 3.69. The Morgan fingerprint density at radius 3 is 2.82 bits per heavy atom. The summed E-state index contributed by atoms with van der Waals surface area (Å²) in [7, 11) is 1.82. The number of rotatable bonds is 3. The predicted octanol–water partition coefficient (Wildman–Crippen LogP) is 3.42. The maximum absolute atomic E-state index is 5.85. The highest BCUT2D eigenvalue weighted by molar-refractivity contribution is 9.10. The molecule has 90 valence electrons. The third kappa shape index (κ3) is 2.79. The minimum Gasteiger partial charge on any atom is -0.421 e. The molecule has 0 saturated heterocycles. The van der Waals surface area contributed by atoms with Gasteiger partial charge in [0.2, 0.25) is 11.8 Å². The first kappa shape index (κ1) is 12.4. The maximum Gasteiger partial charge on any atom is 0.225 e. The summed E-state index contributed by atoms with van der Waals surface area (Å²) in [6, 6.07) is 3.74. The van der Waals surface area contributed by atoms with Crippen LogP contribution in [0.15, 0.2) is 22.8 Å². The summed E-state index contributed by atoms with van der Waals surface area (Å²) in [5, 5.41) is 4.20. The summed E-state index contributed by atoms with van der Waals surface area (Å²) < 4.78 is 8.23. The number of hydrogen-bond donors (Lipinski definition) is 0. The van der Waals surface area contributed by atoms with E-state index in [0.29, 0.717) is 17.6 Å². The van der Waals surface area contributed by atoms with E-state index < -0.39 is 0 Å². The van der Waals surface area contributed by atoms with Gasteiger partial charge in [-0.2, -0.15) is 5.10 Å². The molecule has 0 unspecified atom stereocenters. The molecule has 0 atom stereocenters. The quantitative estimate of drug-likeness (QED) is 0.815. The molecule has 0 aliphatic heterocycles. The van der Waals surface area contributed by atoms with Crippen LogP contribution in [0.3, 0.4) is 0 Å². The smallest absolute Gasteiger partial charge is 0.225 e. The molecule has 17 heavy (non-hydrogen) atoms. The second kappa shape index (κ2) is 5.06. The molecule has 0 aromatic carbocycles. The van der Waals surface area contributed by atoms with Crippen LogP contribution in [-0.4, -0.2) is 14.8 Å². The zero-order chi connectivity index (χ0) is 12.4. The standard InChI is InChI=1S/C11H11BrClN3O/c1-7-3-10(16(2)15-7)17-11-8(5-13)4-9(12)6-14-11/h3-4,6H,5H2,1-2H3. The van der Waals surface area contributed by atoms with E-state index in [-0.39, 0.29) is 0 Å². The van der Waals surface area contributed by atoms with Crippen LogP contribution in [0.5, 0.6) is 11.8 Å². The number of aromatic nitrogens is 3. The van der Waals surface area contributed by atoms with Crippen molar-refractivity contribution in [3.63, 3.8) is 0 Å². The van der Waals surface area contributed by atoms with Crippen molar-refractivity contribution < 1.29 is 4.74 Å². The minimum absolute atomic E-state index is 0.346. The van der Waals surface area contributed by atoms with Gasteiger partial charge in [-0.15, -0.1) is 11.6 Å². The molecule has 2 aromatic rings. The van der Waals surface area contributed by atoms with Crippen molar-refractivity contribution in [1.82, 2.24) is 14.8 Å². The summed E-state index contributed by atoms with van der Waals surface area (Å²) >= 11 is 9.20. The zero-order valence-electron chi connectivity index (χ0n) is 9.44. The number of ether oxygens (including phenoxy) is 1. The maximum atomic E-state index is 5.85. The molecule has 0 saturated carbocycles. The fourth-order valence-electron chi connectivity index (χ4n) is 1.44. The Morgan fingerprint density at radius 2 is 2.24 bits per heavy atom. The number of nitrogens with zero attached hydrogens (tertiary/aromatic N) is 3. The first-order valence-corrected chi connectivity index (χ1v) is 6.32. The van der Waals surface area contributed by atoms with E-state index in [1.807, 2.05) is 26.1 Å². The SMILES string of the molecule is Cc1cc(Oc2ncc(Br)cc2CCl)n(C)n1. The van der Waals surface area contributed by atoms with E-state index in [4.69, 9.17) is 16.3 Å². The van der Waals surface area contributed by atoms with Crippen molar-refractivity contribution in [2.75, 3.05) is 0 Å². The Hall–Kier alpha value is -1.07. The average Bonchev–Trinajstić information content (AvgIpc) is 2.60. The van der Waals surface area contributed by atoms with Crippen LogP contribution in [0.25, 0.3) is 0 Å². The van der Waals surface area contributed by atoms with Gasteiger partial charge in [0, 0.05) is 29.3 Å². The van der Waals surface area contributed by atoms with Gasteiger partial charge < -0.3 is 4.74 Å². The molecule has 0 fully saturated rings. The molecular weight excluding hydrogens is 305 g/mol. The van der Waals surface area contributed by atoms with Gasteiger partial charge in [0.05, 0.1) is 11.6 Å². The van der Waals surface area contributed by atoms with Gasteiger partial charge in [0.25, 0.3) is 0 Å². The third-order valence-corrected chi connectivity index (χ3v) is 2.92. The predicted molar refractivity (Wildman–Crippen MR) is 69.5 cm³/mol. The lowest BCUT2D eigenvalue weighted by Gasteiger charge is -2.08. The van der Waals surface area contributed by atoms with Crippen molar-refractivity contribution in [2.45, 2.75) is 12.8 Å². The Bertz CT molecular complexity index is 542. The Balaban J connectivity index is 2.32. The molecule has 0 bridgehead atoms. The van der Waals surface area contributed by atoms with E-state index in [0.717, 1.165) is 15.7 Å². The molecule has 0 aliphatic carbocycles. The normalized spacial score (nSPS) is 10.6. The fourth-order valence-corrected chi connectivity index (χ4v) is 2.01. The van der Waals surface area contributed by atoms with E-state index in [1.165, 1.54) is 0 Å². The molecule has 2 rings (SSSR count). The Labute approximate surface area is 113 Å². The largest absolute Gasteiger partial charge is 0.421 e. The van der Waals surface area contributed by atoms with Gasteiger partial charge in [0.1, 0.15) is 0 Å². The van der Waals surface area contributed by atoms with Crippen LogP contribution in [0, 0.1) is 6.92 Å². The van der Waals surface area contributed by atoms with E-state index in [9.17, 15) is 0 Å². The van der Waals surface area contributed by atoms with Gasteiger partial charge in [-0.1, -0.05) is 0 Å². The number of hydrogen-bond acceptors (Lipinski definition) is 3. The molecule has 0 radical (unpaired) electrons. The summed E-state index contributed by atoms with van der Waals surface area (Å²) in [4.78, 5) is 4.20. The lowest BCUT2D eigenvalue weighted by Crippen LogP contribution is -1.98. The van der Waals surface area contributed by atoms with Crippen LogP contribution in [0.4, 0.5) is 0 Å². The molecule has 0 amide bonds. The summed E-state index contributed by atoms with van der Waals surface area (Å²) in [5.74, 6) is 1.49. The fraction of sp³-hybridized carbons (Fsp3) is 0.273. The second-order valence-electron chi connectivity index (χ2n) is 3.60. The van der Waals surface area contributed by atoms with E-state index in [2.05, 4.69) is 26.0 Å². The van der Waals surface area contributed by atoms with Gasteiger partial charge >= 0.3 is 0 Å². The van der Waals surface area contributed by atoms with Gasteiger partial charge in [-0.05, 0) is 28.9 Å². The monoisotopic (exact) mass is 315 g/mol. The third-order valence-electron chi connectivity index (χ3n) is 2.20. The number of pyridine rings is 1. The summed E-state index contributed by atoms with van der Waals surface area (Å²) in [6.07, 6.45) is 1.68. The lowest BCUT2D eigenvalue weighted by atomic mass is 10.3. The molecule has 0 N–H and O–H groups in total. The second-order valence-corrected chi connectivity index (χ2v) is 4.78. The summed E-state index contributed by atoms with van der Waals surface area (Å²) in [5.41, 5.74) is 1.73.